The molecule has 1 saturated heterocycles. The topological polar surface area (TPSA) is 84.9 Å². The number of carbonyl (C=O) groups is 1. The molecule has 8 heteroatoms. The molecule has 0 aromatic heterocycles. The molecule has 1 aromatic carbocycles. The predicted molar refractivity (Wildman–Crippen MR) is 91.3 cm³/mol. The molecule has 7 nitrogen and oxygen atoms in total. The number of rotatable bonds is 7. The van der Waals surface area contributed by atoms with Crippen LogP contribution < -0.4 is 14.8 Å². The summed E-state index contributed by atoms with van der Waals surface area (Å²) in [6.45, 7) is 2.94. The maximum atomic E-state index is 12.2. The third-order valence-electron chi connectivity index (χ3n) is 3.96. The lowest BCUT2D eigenvalue weighted by Gasteiger charge is -2.27. The Hall–Kier alpha value is -1.96. The van der Waals surface area contributed by atoms with Crippen LogP contribution in [0.4, 0.5) is 4.79 Å². The lowest BCUT2D eigenvalue weighted by atomic mass is 10.2. The van der Waals surface area contributed by atoms with Gasteiger partial charge in [0.05, 0.1) is 25.2 Å². The highest BCUT2D eigenvalue weighted by Gasteiger charge is 2.33. The number of ether oxygens (including phenoxy) is 2. The molecule has 1 heterocycles. The number of benzene rings is 1. The monoisotopic (exact) mass is 356 g/mol. The Kier molecular flexibility index (Phi) is 6.30. The third-order valence-corrected chi connectivity index (χ3v) is 5.71. The zero-order valence-corrected chi connectivity index (χ0v) is 14.8. The maximum absolute atomic E-state index is 12.2. The Morgan fingerprint density at radius 1 is 1.33 bits per heavy atom. The van der Waals surface area contributed by atoms with E-state index in [2.05, 4.69) is 5.32 Å². The minimum absolute atomic E-state index is 0.0476. The van der Waals surface area contributed by atoms with Gasteiger partial charge in [0.15, 0.2) is 21.3 Å². The molecule has 1 aliphatic rings. The molecule has 0 saturated carbocycles. The van der Waals surface area contributed by atoms with Crippen molar-refractivity contribution in [1.29, 1.82) is 0 Å². The molecular weight excluding hydrogens is 332 g/mol. The SMILES string of the molecule is CCN(C(=O)NCCOc1ccccc1OC)C1CCS(=O)(=O)C1. The Balaban J connectivity index is 1.79. The van der Waals surface area contributed by atoms with Crippen molar-refractivity contribution in [1.82, 2.24) is 10.2 Å². The van der Waals surface area contributed by atoms with E-state index in [1.807, 2.05) is 19.1 Å². The number of methoxy groups -OCH3 is 1. The molecule has 1 fully saturated rings. The van der Waals surface area contributed by atoms with E-state index >= 15 is 0 Å². The molecule has 1 unspecified atom stereocenters. The molecule has 0 bridgehead atoms. The molecule has 0 radical (unpaired) electrons. The first-order valence-corrected chi connectivity index (χ1v) is 9.79. The van der Waals surface area contributed by atoms with Crippen molar-refractivity contribution in [3.05, 3.63) is 24.3 Å². The van der Waals surface area contributed by atoms with E-state index in [0.29, 0.717) is 37.6 Å². The quantitative estimate of drug-likeness (QED) is 0.744. The standard InChI is InChI=1S/C16H24N2O5S/c1-3-18(13-8-11-24(20,21)12-13)16(19)17-9-10-23-15-7-5-4-6-14(15)22-2/h4-7,13H,3,8-12H2,1-2H3,(H,17,19). The number of carbonyl (C=O) groups excluding carboxylic acids is 1. The zero-order valence-electron chi connectivity index (χ0n) is 14.0. The summed E-state index contributed by atoms with van der Waals surface area (Å²) in [6.07, 6.45) is 0.501. The first kappa shape index (κ1) is 18.4. The van der Waals surface area contributed by atoms with Gasteiger partial charge in [-0.1, -0.05) is 12.1 Å². The van der Waals surface area contributed by atoms with E-state index in [1.165, 1.54) is 0 Å². The van der Waals surface area contributed by atoms with Gasteiger partial charge in [-0.15, -0.1) is 0 Å². The average Bonchev–Trinajstić information content (AvgIpc) is 2.92. The lowest BCUT2D eigenvalue weighted by molar-refractivity contribution is 0.181. The summed E-state index contributed by atoms with van der Waals surface area (Å²) in [7, 11) is -1.45. The van der Waals surface area contributed by atoms with Gasteiger partial charge in [-0.25, -0.2) is 13.2 Å². The van der Waals surface area contributed by atoms with Crippen LogP contribution in [0.25, 0.3) is 0 Å². The van der Waals surface area contributed by atoms with Crippen molar-refractivity contribution < 1.29 is 22.7 Å². The number of amides is 2. The highest BCUT2D eigenvalue weighted by molar-refractivity contribution is 7.91. The Labute approximate surface area is 142 Å². The molecule has 1 atom stereocenters. The zero-order chi connectivity index (χ0) is 17.6. The Morgan fingerprint density at radius 3 is 2.62 bits per heavy atom. The number of para-hydroxylation sites is 2. The van der Waals surface area contributed by atoms with Crippen molar-refractivity contribution >= 4 is 15.9 Å². The van der Waals surface area contributed by atoms with Gasteiger partial charge in [0.1, 0.15) is 6.61 Å². The van der Waals surface area contributed by atoms with E-state index < -0.39 is 9.84 Å². The van der Waals surface area contributed by atoms with Gasteiger partial charge in [-0.3, -0.25) is 0 Å². The number of hydrogen-bond donors (Lipinski definition) is 1. The minimum Gasteiger partial charge on any atom is -0.493 e. The fraction of sp³-hybridized carbons (Fsp3) is 0.562. The summed E-state index contributed by atoms with van der Waals surface area (Å²) < 4.78 is 33.9. The third kappa shape index (κ3) is 4.77. The van der Waals surface area contributed by atoms with Gasteiger partial charge in [0, 0.05) is 12.6 Å². The summed E-state index contributed by atoms with van der Waals surface area (Å²) in [6, 6.07) is 6.78. The Bertz CT molecular complexity index is 662. The number of sulfone groups is 1. The van der Waals surface area contributed by atoms with Crippen molar-refractivity contribution in [2.24, 2.45) is 0 Å². The second kappa shape index (κ2) is 8.23. The number of urea groups is 1. The summed E-state index contributed by atoms with van der Waals surface area (Å²) in [5, 5.41) is 2.77. The van der Waals surface area contributed by atoms with Crippen LogP contribution in [-0.2, 0) is 9.84 Å². The molecule has 1 N–H and O–H groups in total. The van der Waals surface area contributed by atoms with Gasteiger partial charge >= 0.3 is 6.03 Å². The first-order valence-electron chi connectivity index (χ1n) is 7.97. The van der Waals surface area contributed by atoms with E-state index in [4.69, 9.17) is 9.47 Å². The smallest absolute Gasteiger partial charge is 0.317 e. The van der Waals surface area contributed by atoms with Gasteiger partial charge < -0.3 is 19.7 Å². The van der Waals surface area contributed by atoms with Crippen LogP contribution in [-0.4, -0.2) is 63.7 Å². The molecule has 0 spiro atoms. The summed E-state index contributed by atoms with van der Waals surface area (Å²) in [5.41, 5.74) is 0. The van der Waals surface area contributed by atoms with Gasteiger partial charge in [0.2, 0.25) is 0 Å². The summed E-state index contributed by atoms with van der Waals surface area (Å²) in [4.78, 5) is 13.8. The normalized spacial score (nSPS) is 18.8. The number of nitrogens with zero attached hydrogens (tertiary/aromatic N) is 1. The molecule has 2 rings (SSSR count). The maximum Gasteiger partial charge on any atom is 0.317 e. The van der Waals surface area contributed by atoms with Crippen LogP contribution in [0.3, 0.4) is 0 Å². The molecule has 1 aromatic rings. The minimum atomic E-state index is -3.01. The predicted octanol–water partition coefficient (Wildman–Crippen LogP) is 1.29. The van der Waals surface area contributed by atoms with Crippen LogP contribution in [0.15, 0.2) is 24.3 Å². The van der Waals surface area contributed by atoms with E-state index in [0.717, 1.165) is 0 Å². The van der Waals surface area contributed by atoms with Crippen LogP contribution in [0, 0.1) is 0 Å². The van der Waals surface area contributed by atoms with E-state index in [-0.39, 0.29) is 23.6 Å². The number of hydrogen-bond acceptors (Lipinski definition) is 5. The number of nitrogens with one attached hydrogen (secondary N) is 1. The van der Waals surface area contributed by atoms with Crippen molar-refractivity contribution in [3.63, 3.8) is 0 Å². The molecule has 2 amide bonds. The van der Waals surface area contributed by atoms with Crippen LogP contribution in [0.1, 0.15) is 13.3 Å². The molecule has 1 aliphatic heterocycles. The molecule has 134 valence electrons. The van der Waals surface area contributed by atoms with E-state index in [9.17, 15) is 13.2 Å². The van der Waals surface area contributed by atoms with Crippen molar-refractivity contribution in [2.45, 2.75) is 19.4 Å². The van der Waals surface area contributed by atoms with Crippen molar-refractivity contribution in [2.75, 3.05) is 38.3 Å². The summed E-state index contributed by atoms with van der Waals surface area (Å²) >= 11 is 0. The molecular formula is C16H24N2O5S. The van der Waals surface area contributed by atoms with Crippen LogP contribution in [0.2, 0.25) is 0 Å². The van der Waals surface area contributed by atoms with E-state index in [1.54, 1.807) is 24.1 Å². The van der Waals surface area contributed by atoms with Crippen molar-refractivity contribution in [3.8, 4) is 11.5 Å². The van der Waals surface area contributed by atoms with Gasteiger partial charge in [-0.05, 0) is 25.5 Å². The second-order valence-electron chi connectivity index (χ2n) is 5.57. The van der Waals surface area contributed by atoms with Crippen LogP contribution in [0.5, 0.6) is 11.5 Å². The molecule has 0 aliphatic carbocycles. The molecule has 24 heavy (non-hydrogen) atoms. The largest absolute Gasteiger partial charge is 0.493 e. The Morgan fingerprint density at radius 2 is 2.04 bits per heavy atom. The lowest BCUT2D eigenvalue weighted by Crippen LogP contribution is -2.47. The van der Waals surface area contributed by atoms with Crippen LogP contribution >= 0.6 is 0 Å². The van der Waals surface area contributed by atoms with Gasteiger partial charge in [0.25, 0.3) is 0 Å². The average molecular weight is 356 g/mol. The fourth-order valence-electron chi connectivity index (χ4n) is 2.75. The first-order chi connectivity index (χ1) is 11.5. The van der Waals surface area contributed by atoms with Gasteiger partial charge in [-0.2, -0.15) is 0 Å². The second-order valence-corrected chi connectivity index (χ2v) is 7.80. The summed E-state index contributed by atoms with van der Waals surface area (Å²) in [5.74, 6) is 1.45. The highest BCUT2D eigenvalue weighted by atomic mass is 32.2. The fourth-order valence-corrected chi connectivity index (χ4v) is 4.48. The highest BCUT2D eigenvalue weighted by Crippen LogP contribution is 2.25.